The Morgan fingerprint density at radius 1 is 1.00 bits per heavy atom. The second-order valence-corrected chi connectivity index (χ2v) is 2.89. The molecule has 0 saturated heterocycles. The van der Waals surface area contributed by atoms with Crippen molar-refractivity contribution < 1.29 is 19.8 Å². The van der Waals surface area contributed by atoms with Crippen molar-refractivity contribution >= 4 is 24.1 Å². The molecule has 16 heavy (non-hydrogen) atoms. The predicted octanol–water partition coefficient (Wildman–Crippen LogP) is 1.28. The van der Waals surface area contributed by atoms with Gasteiger partial charge >= 0.3 is 11.9 Å². The Bertz CT molecular complexity index is 424. The Morgan fingerprint density at radius 2 is 1.44 bits per heavy atom. The minimum atomic E-state index is -1.05. The van der Waals surface area contributed by atoms with E-state index in [0.717, 1.165) is 12.2 Å². The molecule has 0 aliphatic rings. The van der Waals surface area contributed by atoms with Crippen molar-refractivity contribution in [2.24, 2.45) is 0 Å². The summed E-state index contributed by atoms with van der Waals surface area (Å²) in [4.78, 5) is 24.4. The van der Waals surface area contributed by atoms with Crippen LogP contribution in [0.3, 0.4) is 0 Å². The number of carboxylic acid groups (broad SMARTS) is 2. The first-order chi connectivity index (χ1) is 7.58. The van der Waals surface area contributed by atoms with Gasteiger partial charge in [0, 0.05) is 24.5 Å². The van der Waals surface area contributed by atoms with Crippen LogP contribution in [0, 0.1) is 0 Å². The van der Waals surface area contributed by atoms with Crippen molar-refractivity contribution in [2.75, 3.05) is 0 Å². The first kappa shape index (κ1) is 11.6. The summed E-state index contributed by atoms with van der Waals surface area (Å²) in [7, 11) is 0. The number of aliphatic carboxylic acids is 2. The summed E-state index contributed by atoms with van der Waals surface area (Å²) >= 11 is 0. The van der Waals surface area contributed by atoms with Gasteiger partial charge in [-0.1, -0.05) is 0 Å². The molecular weight excluding hydrogens is 210 g/mol. The van der Waals surface area contributed by atoms with E-state index >= 15 is 0 Å². The highest BCUT2D eigenvalue weighted by molar-refractivity contribution is 5.86. The zero-order valence-electron chi connectivity index (χ0n) is 8.20. The lowest BCUT2D eigenvalue weighted by molar-refractivity contribution is -0.132. The molecule has 0 unspecified atom stereocenters. The van der Waals surface area contributed by atoms with Crippen LogP contribution >= 0.6 is 0 Å². The topological polar surface area (TPSA) is 87.5 Å². The largest absolute Gasteiger partial charge is 0.478 e. The molecule has 5 heteroatoms. The summed E-state index contributed by atoms with van der Waals surface area (Å²) in [6.07, 6.45) is 7.71. The number of hydrogen-bond donors (Lipinski definition) is 2. The molecule has 0 saturated carbocycles. The van der Waals surface area contributed by atoms with E-state index in [1.165, 1.54) is 24.5 Å². The van der Waals surface area contributed by atoms with Gasteiger partial charge in [0.1, 0.15) is 0 Å². The van der Waals surface area contributed by atoms with Gasteiger partial charge in [0.2, 0.25) is 0 Å². The molecule has 0 aromatic carbocycles. The second kappa shape index (κ2) is 5.45. The average Bonchev–Trinajstić information content (AvgIpc) is 2.24. The predicted molar refractivity (Wildman–Crippen MR) is 57.6 cm³/mol. The molecule has 1 rings (SSSR count). The van der Waals surface area contributed by atoms with Crippen LogP contribution in [0.2, 0.25) is 0 Å². The molecule has 5 nitrogen and oxygen atoms in total. The lowest BCUT2D eigenvalue weighted by Crippen LogP contribution is -1.88. The van der Waals surface area contributed by atoms with Gasteiger partial charge in [0.05, 0.1) is 0 Å². The van der Waals surface area contributed by atoms with Gasteiger partial charge in [-0.3, -0.25) is 4.98 Å². The molecule has 1 aromatic heterocycles. The monoisotopic (exact) mass is 219 g/mol. The SMILES string of the molecule is O=C(O)/C=C/c1cncc(/C=C/C(=O)O)c1. The van der Waals surface area contributed by atoms with Gasteiger partial charge in [-0.15, -0.1) is 0 Å². The van der Waals surface area contributed by atoms with E-state index in [-0.39, 0.29) is 0 Å². The molecule has 0 aliphatic carbocycles. The number of pyridine rings is 1. The molecule has 0 amide bonds. The third kappa shape index (κ3) is 4.19. The van der Waals surface area contributed by atoms with E-state index in [4.69, 9.17) is 10.2 Å². The summed E-state index contributed by atoms with van der Waals surface area (Å²) in [5.74, 6) is -2.10. The van der Waals surface area contributed by atoms with E-state index in [1.54, 1.807) is 6.07 Å². The van der Waals surface area contributed by atoms with Crippen molar-refractivity contribution in [3.05, 3.63) is 41.7 Å². The number of carbonyl (C=O) groups is 2. The van der Waals surface area contributed by atoms with E-state index < -0.39 is 11.9 Å². The molecule has 0 fully saturated rings. The van der Waals surface area contributed by atoms with Crippen LogP contribution < -0.4 is 0 Å². The maximum atomic E-state index is 10.3. The standard InChI is InChI=1S/C11H9NO4/c13-10(14)3-1-8-5-9(7-12-6-8)2-4-11(15)16/h1-7H,(H,13,14)(H,15,16)/b3-1+,4-2+. The van der Waals surface area contributed by atoms with Gasteiger partial charge in [-0.05, 0) is 29.3 Å². The molecule has 0 aliphatic heterocycles. The van der Waals surface area contributed by atoms with Crippen LogP contribution in [0.1, 0.15) is 11.1 Å². The van der Waals surface area contributed by atoms with Crippen LogP contribution in [-0.4, -0.2) is 27.1 Å². The quantitative estimate of drug-likeness (QED) is 0.744. The van der Waals surface area contributed by atoms with Gasteiger partial charge in [-0.25, -0.2) is 9.59 Å². The zero-order chi connectivity index (χ0) is 12.0. The number of aromatic nitrogens is 1. The number of rotatable bonds is 4. The lowest BCUT2D eigenvalue weighted by Gasteiger charge is -1.94. The van der Waals surface area contributed by atoms with E-state index in [9.17, 15) is 9.59 Å². The molecular formula is C11H9NO4. The van der Waals surface area contributed by atoms with Crippen molar-refractivity contribution in [1.82, 2.24) is 4.98 Å². The smallest absolute Gasteiger partial charge is 0.328 e. The average molecular weight is 219 g/mol. The van der Waals surface area contributed by atoms with Crippen LogP contribution in [0.4, 0.5) is 0 Å². The van der Waals surface area contributed by atoms with E-state index in [0.29, 0.717) is 11.1 Å². The van der Waals surface area contributed by atoms with Crippen LogP contribution in [0.5, 0.6) is 0 Å². The fourth-order valence-corrected chi connectivity index (χ4v) is 0.994. The van der Waals surface area contributed by atoms with Crippen molar-refractivity contribution in [2.45, 2.75) is 0 Å². The van der Waals surface area contributed by atoms with Gasteiger partial charge < -0.3 is 10.2 Å². The summed E-state index contributed by atoms with van der Waals surface area (Å²) in [5.41, 5.74) is 1.19. The van der Waals surface area contributed by atoms with Gasteiger partial charge in [0.15, 0.2) is 0 Å². The van der Waals surface area contributed by atoms with E-state index in [1.807, 2.05) is 0 Å². The fourth-order valence-electron chi connectivity index (χ4n) is 0.994. The zero-order valence-corrected chi connectivity index (χ0v) is 8.20. The fraction of sp³-hybridized carbons (Fsp3) is 0. The number of nitrogens with zero attached hydrogens (tertiary/aromatic N) is 1. The number of hydrogen-bond acceptors (Lipinski definition) is 3. The molecule has 0 bridgehead atoms. The van der Waals surface area contributed by atoms with Crippen LogP contribution in [0.15, 0.2) is 30.6 Å². The Morgan fingerprint density at radius 3 is 1.81 bits per heavy atom. The van der Waals surface area contributed by atoms with E-state index in [2.05, 4.69) is 4.98 Å². The number of carboxylic acids is 2. The van der Waals surface area contributed by atoms with Crippen molar-refractivity contribution in [3.8, 4) is 0 Å². The summed E-state index contributed by atoms with van der Waals surface area (Å²) in [6, 6.07) is 1.63. The van der Waals surface area contributed by atoms with Crippen LogP contribution in [-0.2, 0) is 9.59 Å². The van der Waals surface area contributed by atoms with Crippen molar-refractivity contribution in [3.63, 3.8) is 0 Å². The first-order valence-corrected chi connectivity index (χ1v) is 4.35. The molecule has 2 N–H and O–H groups in total. The highest BCUT2D eigenvalue weighted by atomic mass is 16.4. The molecule has 1 aromatic rings. The molecule has 1 heterocycles. The molecule has 0 atom stereocenters. The Labute approximate surface area is 91.4 Å². The molecule has 82 valence electrons. The molecule has 0 radical (unpaired) electrons. The minimum absolute atomic E-state index is 0.593. The third-order valence-electron chi connectivity index (χ3n) is 1.62. The highest BCUT2D eigenvalue weighted by Gasteiger charge is 1.93. The van der Waals surface area contributed by atoms with Gasteiger partial charge in [-0.2, -0.15) is 0 Å². The Kier molecular flexibility index (Phi) is 3.97. The lowest BCUT2D eigenvalue weighted by atomic mass is 10.2. The Hall–Kier alpha value is -2.43. The first-order valence-electron chi connectivity index (χ1n) is 4.35. The van der Waals surface area contributed by atoms with Gasteiger partial charge in [0.25, 0.3) is 0 Å². The highest BCUT2D eigenvalue weighted by Crippen LogP contribution is 2.06. The second-order valence-electron chi connectivity index (χ2n) is 2.89. The Balaban J connectivity index is 2.87. The summed E-state index contributed by atoms with van der Waals surface area (Å²) in [6.45, 7) is 0. The molecule has 0 spiro atoms. The normalized spacial score (nSPS) is 11.0. The summed E-state index contributed by atoms with van der Waals surface area (Å²) < 4.78 is 0. The summed E-state index contributed by atoms with van der Waals surface area (Å²) in [5, 5.41) is 16.8. The maximum absolute atomic E-state index is 10.3. The third-order valence-corrected chi connectivity index (χ3v) is 1.62. The van der Waals surface area contributed by atoms with Crippen LogP contribution in [0.25, 0.3) is 12.2 Å². The van der Waals surface area contributed by atoms with Crippen molar-refractivity contribution in [1.29, 1.82) is 0 Å². The minimum Gasteiger partial charge on any atom is -0.478 e. The maximum Gasteiger partial charge on any atom is 0.328 e.